The molecule has 0 saturated heterocycles. The van der Waals surface area contributed by atoms with Crippen molar-refractivity contribution in [3.8, 4) is 11.5 Å². The van der Waals surface area contributed by atoms with Gasteiger partial charge in [-0.15, -0.1) is 0 Å². The van der Waals surface area contributed by atoms with E-state index in [4.69, 9.17) is 21.1 Å². The molecule has 1 atom stereocenters. The number of rotatable bonds is 5. The number of benzene rings is 3. The minimum absolute atomic E-state index is 0.101. The average Bonchev–Trinajstić information content (AvgIpc) is 2.90. The van der Waals surface area contributed by atoms with Gasteiger partial charge in [-0.25, -0.2) is 0 Å². The fraction of sp³-hybridized carbons (Fsp3) is 0.200. The van der Waals surface area contributed by atoms with E-state index >= 15 is 0 Å². The third kappa shape index (κ3) is 4.86. The minimum Gasteiger partial charge on any atom is -0.497 e. The van der Waals surface area contributed by atoms with Crippen molar-refractivity contribution in [2.24, 2.45) is 0 Å². The molecule has 1 N–H and O–H groups in total. The average molecular weight is 451 g/mol. The van der Waals surface area contributed by atoms with Gasteiger partial charge in [0.15, 0.2) is 6.10 Å². The minimum atomic E-state index is -0.614. The topological polar surface area (TPSA) is 67.9 Å². The van der Waals surface area contributed by atoms with Gasteiger partial charge in [-0.05, 0) is 67.1 Å². The van der Waals surface area contributed by atoms with Gasteiger partial charge in [0.1, 0.15) is 11.5 Å². The second-order valence-electron chi connectivity index (χ2n) is 7.59. The van der Waals surface area contributed by atoms with E-state index in [1.165, 1.54) is 0 Å². The fourth-order valence-electron chi connectivity index (χ4n) is 3.61. The monoisotopic (exact) mass is 450 g/mol. The Morgan fingerprint density at radius 1 is 1.16 bits per heavy atom. The van der Waals surface area contributed by atoms with Crippen LogP contribution in [0.25, 0.3) is 0 Å². The van der Waals surface area contributed by atoms with Crippen molar-refractivity contribution in [1.82, 2.24) is 4.90 Å². The van der Waals surface area contributed by atoms with Crippen LogP contribution in [0, 0.1) is 0 Å². The second-order valence-corrected chi connectivity index (χ2v) is 8.03. The zero-order valence-electron chi connectivity index (χ0n) is 17.8. The Hall–Kier alpha value is -3.51. The zero-order valence-corrected chi connectivity index (χ0v) is 18.6. The van der Waals surface area contributed by atoms with Crippen LogP contribution in [0.5, 0.6) is 11.5 Å². The van der Waals surface area contributed by atoms with E-state index in [1.807, 2.05) is 30.3 Å². The molecule has 7 heteroatoms. The quantitative estimate of drug-likeness (QED) is 0.599. The summed E-state index contributed by atoms with van der Waals surface area (Å²) in [6.07, 6.45) is -0.614. The summed E-state index contributed by atoms with van der Waals surface area (Å²) in [7, 11) is 1.61. The number of hydrogen-bond donors (Lipinski definition) is 1. The number of halogens is 1. The third-order valence-corrected chi connectivity index (χ3v) is 5.51. The molecule has 0 unspecified atom stereocenters. The first-order valence-corrected chi connectivity index (χ1v) is 10.6. The van der Waals surface area contributed by atoms with Gasteiger partial charge in [0.2, 0.25) is 0 Å². The largest absolute Gasteiger partial charge is 0.497 e. The van der Waals surface area contributed by atoms with Crippen molar-refractivity contribution in [3.63, 3.8) is 0 Å². The van der Waals surface area contributed by atoms with Gasteiger partial charge in [-0.2, -0.15) is 0 Å². The van der Waals surface area contributed by atoms with E-state index < -0.39 is 6.10 Å². The maximum absolute atomic E-state index is 12.9. The Morgan fingerprint density at radius 2 is 1.94 bits per heavy atom. The molecule has 0 radical (unpaired) electrons. The summed E-state index contributed by atoms with van der Waals surface area (Å²) in [5.74, 6) is 1.02. The molecule has 3 aromatic carbocycles. The van der Waals surface area contributed by atoms with E-state index in [-0.39, 0.29) is 11.8 Å². The van der Waals surface area contributed by atoms with Gasteiger partial charge in [0.25, 0.3) is 11.8 Å². The first-order valence-electron chi connectivity index (χ1n) is 10.2. The molecule has 0 fully saturated rings. The number of carbonyl (C=O) groups excluding carboxylic acids is 2. The Kier molecular flexibility index (Phi) is 6.32. The number of fused-ring (bicyclic) bond motifs is 1. The van der Waals surface area contributed by atoms with Crippen molar-refractivity contribution in [3.05, 3.63) is 88.4 Å². The fourth-order valence-corrected chi connectivity index (χ4v) is 3.73. The molecule has 0 spiro atoms. The van der Waals surface area contributed by atoms with Crippen molar-refractivity contribution in [1.29, 1.82) is 0 Å². The summed E-state index contributed by atoms with van der Waals surface area (Å²) in [5, 5.41) is 3.46. The van der Waals surface area contributed by atoms with Crippen molar-refractivity contribution in [2.75, 3.05) is 12.4 Å². The molecule has 32 heavy (non-hydrogen) atoms. The summed E-state index contributed by atoms with van der Waals surface area (Å²) in [4.78, 5) is 27.3. The summed E-state index contributed by atoms with van der Waals surface area (Å²) < 4.78 is 11.2. The molecule has 1 aliphatic heterocycles. The summed E-state index contributed by atoms with van der Waals surface area (Å²) in [6.45, 7) is 2.52. The molecule has 0 saturated carbocycles. The SMILES string of the molecule is COc1cccc(CN2Cc3cc(NC(=O)c4ccc(Cl)cc4)ccc3O[C@H](C)C2=O)c1. The van der Waals surface area contributed by atoms with Gasteiger partial charge in [0.05, 0.1) is 7.11 Å². The van der Waals surface area contributed by atoms with Crippen LogP contribution in [0.2, 0.25) is 5.02 Å². The van der Waals surface area contributed by atoms with E-state index in [2.05, 4.69) is 5.32 Å². The zero-order chi connectivity index (χ0) is 22.7. The first-order chi connectivity index (χ1) is 15.4. The van der Waals surface area contributed by atoms with Crippen LogP contribution in [-0.2, 0) is 17.9 Å². The molecule has 0 bridgehead atoms. The van der Waals surface area contributed by atoms with E-state index in [0.29, 0.717) is 35.1 Å². The van der Waals surface area contributed by atoms with E-state index in [0.717, 1.165) is 16.9 Å². The number of carbonyl (C=O) groups is 2. The Bertz CT molecular complexity index is 1150. The normalized spacial score (nSPS) is 15.4. The Balaban J connectivity index is 1.56. The molecule has 0 aliphatic carbocycles. The molecule has 2 amide bonds. The number of nitrogens with zero attached hydrogens (tertiary/aromatic N) is 1. The Morgan fingerprint density at radius 3 is 2.69 bits per heavy atom. The lowest BCUT2D eigenvalue weighted by molar-refractivity contribution is -0.138. The van der Waals surface area contributed by atoms with Crippen molar-refractivity contribution in [2.45, 2.75) is 26.1 Å². The molecule has 4 rings (SSSR count). The smallest absolute Gasteiger partial charge is 0.263 e. The molecule has 164 valence electrons. The maximum Gasteiger partial charge on any atom is 0.263 e. The molecule has 1 heterocycles. The van der Waals surface area contributed by atoms with Crippen LogP contribution in [0.15, 0.2) is 66.7 Å². The maximum atomic E-state index is 12.9. The number of anilines is 1. The van der Waals surface area contributed by atoms with Crippen LogP contribution < -0.4 is 14.8 Å². The number of methoxy groups -OCH3 is 1. The second kappa shape index (κ2) is 9.32. The first kappa shape index (κ1) is 21.7. The Labute approximate surface area is 191 Å². The molecule has 3 aromatic rings. The molecular formula is C25H23ClN2O4. The van der Waals surface area contributed by atoms with Crippen LogP contribution in [0.3, 0.4) is 0 Å². The highest BCUT2D eigenvalue weighted by atomic mass is 35.5. The highest BCUT2D eigenvalue weighted by Crippen LogP contribution is 2.30. The van der Waals surface area contributed by atoms with Gasteiger partial charge >= 0.3 is 0 Å². The van der Waals surface area contributed by atoms with Crippen LogP contribution in [0.1, 0.15) is 28.4 Å². The number of ether oxygens (including phenoxy) is 2. The van der Waals surface area contributed by atoms with Gasteiger partial charge < -0.3 is 19.7 Å². The summed E-state index contributed by atoms with van der Waals surface area (Å²) >= 11 is 5.90. The summed E-state index contributed by atoms with van der Waals surface area (Å²) in [6, 6.07) is 19.7. The summed E-state index contributed by atoms with van der Waals surface area (Å²) in [5.41, 5.74) is 2.90. The van der Waals surface area contributed by atoms with E-state index in [9.17, 15) is 9.59 Å². The predicted octanol–water partition coefficient (Wildman–Crippen LogP) is 4.91. The van der Waals surface area contributed by atoms with Gasteiger partial charge in [0, 0.05) is 34.9 Å². The highest BCUT2D eigenvalue weighted by molar-refractivity contribution is 6.30. The molecule has 6 nitrogen and oxygen atoms in total. The number of hydrogen-bond acceptors (Lipinski definition) is 4. The molecular weight excluding hydrogens is 428 g/mol. The third-order valence-electron chi connectivity index (χ3n) is 5.26. The lowest BCUT2D eigenvalue weighted by Crippen LogP contribution is -2.37. The van der Waals surface area contributed by atoms with Gasteiger partial charge in [-0.1, -0.05) is 23.7 Å². The van der Waals surface area contributed by atoms with Crippen molar-refractivity contribution < 1.29 is 19.1 Å². The standard InChI is InChI=1S/C25H23ClN2O4/c1-16-25(30)28(14-17-4-3-5-22(12-17)31-2)15-19-13-21(10-11-23(19)32-16)27-24(29)18-6-8-20(26)9-7-18/h3-13,16H,14-15H2,1-2H3,(H,27,29)/t16-/m1/s1. The lowest BCUT2D eigenvalue weighted by Gasteiger charge is -2.22. The predicted molar refractivity (Wildman–Crippen MR) is 123 cm³/mol. The van der Waals surface area contributed by atoms with Crippen LogP contribution >= 0.6 is 11.6 Å². The molecule has 0 aromatic heterocycles. The number of nitrogens with one attached hydrogen (secondary N) is 1. The van der Waals surface area contributed by atoms with Crippen molar-refractivity contribution >= 4 is 29.1 Å². The molecule has 1 aliphatic rings. The highest BCUT2D eigenvalue weighted by Gasteiger charge is 2.28. The lowest BCUT2D eigenvalue weighted by atomic mass is 10.1. The van der Waals surface area contributed by atoms with Crippen LogP contribution in [0.4, 0.5) is 5.69 Å². The number of amides is 2. The van der Waals surface area contributed by atoms with Gasteiger partial charge in [-0.3, -0.25) is 9.59 Å². The van der Waals surface area contributed by atoms with E-state index in [1.54, 1.807) is 55.3 Å². The van der Waals surface area contributed by atoms with Crippen LogP contribution in [-0.4, -0.2) is 29.9 Å².